The van der Waals surface area contributed by atoms with E-state index in [2.05, 4.69) is 0 Å². The first-order valence-corrected chi connectivity index (χ1v) is 6.86. The summed E-state index contributed by atoms with van der Waals surface area (Å²) in [6.45, 7) is 12.3. The number of carbonyl (C=O) groups excluding carboxylic acids is 1. The van der Waals surface area contributed by atoms with Crippen molar-refractivity contribution in [3.05, 3.63) is 28.8 Å². The van der Waals surface area contributed by atoms with Gasteiger partial charge in [-0.05, 0) is 39.1 Å². The molecule has 0 bridgehead atoms. The molecular weight excluding hydrogens is 260 g/mol. The van der Waals surface area contributed by atoms with E-state index < -0.39 is 0 Å². The number of halogens is 1. The SMILES string of the molecule is CC(C)(C)c1cc(CC(=O)Cl)cc(C(C)(C)C)c1O. The number of phenols is 1. The van der Waals surface area contributed by atoms with Crippen molar-refractivity contribution in [1.82, 2.24) is 0 Å². The van der Waals surface area contributed by atoms with Crippen LogP contribution in [0.2, 0.25) is 0 Å². The summed E-state index contributed by atoms with van der Waals surface area (Å²) in [5.41, 5.74) is 2.19. The lowest BCUT2D eigenvalue weighted by molar-refractivity contribution is -0.111. The lowest BCUT2D eigenvalue weighted by Crippen LogP contribution is -2.18. The Balaban J connectivity index is 3.52. The van der Waals surface area contributed by atoms with Gasteiger partial charge in [-0.25, -0.2) is 0 Å². The van der Waals surface area contributed by atoms with Crippen LogP contribution in [0.5, 0.6) is 5.75 Å². The first-order chi connectivity index (χ1) is 8.43. The molecular formula is C16H23ClO2. The fourth-order valence-corrected chi connectivity index (χ4v) is 2.25. The molecule has 1 aromatic rings. The van der Waals surface area contributed by atoms with Gasteiger partial charge in [0.05, 0.1) is 0 Å². The van der Waals surface area contributed by atoms with Crippen molar-refractivity contribution in [3.63, 3.8) is 0 Å². The highest BCUT2D eigenvalue weighted by molar-refractivity contribution is 6.63. The van der Waals surface area contributed by atoms with Crippen LogP contribution in [0.25, 0.3) is 0 Å². The molecule has 0 amide bonds. The van der Waals surface area contributed by atoms with Gasteiger partial charge in [0, 0.05) is 6.42 Å². The molecule has 0 aromatic heterocycles. The van der Waals surface area contributed by atoms with E-state index in [0.29, 0.717) is 5.75 Å². The van der Waals surface area contributed by atoms with Gasteiger partial charge in [0.2, 0.25) is 5.24 Å². The van der Waals surface area contributed by atoms with E-state index in [1.807, 2.05) is 53.7 Å². The lowest BCUT2D eigenvalue weighted by atomic mass is 9.78. The molecule has 0 saturated heterocycles. The molecule has 0 aliphatic carbocycles. The third-order valence-electron chi connectivity index (χ3n) is 3.13. The number of rotatable bonds is 2. The Morgan fingerprint density at radius 2 is 1.42 bits per heavy atom. The third kappa shape index (κ3) is 3.97. The highest BCUT2D eigenvalue weighted by atomic mass is 35.5. The largest absolute Gasteiger partial charge is 0.507 e. The second-order valence-electron chi connectivity index (χ2n) is 7.07. The quantitative estimate of drug-likeness (QED) is 0.822. The van der Waals surface area contributed by atoms with Gasteiger partial charge in [0.1, 0.15) is 5.75 Å². The van der Waals surface area contributed by atoms with Gasteiger partial charge in [0.15, 0.2) is 0 Å². The fourth-order valence-electron chi connectivity index (χ4n) is 2.10. The second kappa shape index (κ2) is 5.16. The minimum atomic E-state index is -0.384. The number of benzene rings is 1. The van der Waals surface area contributed by atoms with Gasteiger partial charge in [-0.2, -0.15) is 0 Å². The van der Waals surface area contributed by atoms with Crippen molar-refractivity contribution in [2.24, 2.45) is 0 Å². The molecule has 1 N–H and O–H groups in total. The molecule has 1 rings (SSSR count). The zero-order valence-electron chi connectivity index (χ0n) is 12.6. The summed E-state index contributed by atoms with van der Waals surface area (Å²) in [6, 6.07) is 3.76. The van der Waals surface area contributed by atoms with Gasteiger partial charge < -0.3 is 5.11 Å². The normalized spacial score (nSPS) is 12.6. The Morgan fingerprint density at radius 1 is 1.05 bits per heavy atom. The Kier molecular flexibility index (Phi) is 4.36. The fraction of sp³-hybridized carbons (Fsp3) is 0.562. The first kappa shape index (κ1) is 16.0. The molecule has 1 aromatic carbocycles. The van der Waals surface area contributed by atoms with E-state index in [1.165, 1.54) is 0 Å². The molecule has 2 nitrogen and oxygen atoms in total. The van der Waals surface area contributed by atoms with Crippen molar-refractivity contribution in [2.75, 3.05) is 0 Å². The van der Waals surface area contributed by atoms with E-state index >= 15 is 0 Å². The molecule has 0 heterocycles. The van der Waals surface area contributed by atoms with Crippen LogP contribution in [0.3, 0.4) is 0 Å². The van der Waals surface area contributed by atoms with E-state index in [-0.39, 0.29) is 22.5 Å². The Labute approximate surface area is 120 Å². The number of carbonyl (C=O) groups is 1. The predicted molar refractivity (Wildman–Crippen MR) is 80.1 cm³/mol. The molecule has 19 heavy (non-hydrogen) atoms. The minimum Gasteiger partial charge on any atom is -0.507 e. The van der Waals surface area contributed by atoms with Gasteiger partial charge in [0.25, 0.3) is 0 Å². The number of phenolic OH excluding ortho intramolecular Hbond substituents is 1. The van der Waals surface area contributed by atoms with Crippen LogP contribution in [0, 0.1) is 0 Å². The van der Waals surface area contributed by atoms with Crippen molar-refractivity contribution < 1.29 is 9.90 Å². The molecule has 0 radical (unpaired) electrons. The number of hydrogen-bond acceptors (Lipinski definition) is 2. The van der Waals surface area contributed by atoms with Crippen LogP contribution in [-0.4, -0.2) is 10.3 Å². The summed E-state index contributed by atoms with van der Waals surface area (Å²) in [4.78, 5) is 11.1. The zero-order valence-corrected chi connectivity index (χ0v) is 13.4. The Morgan fingerprint density at radius 3 is 1.68 bits per heavy atom. The monoisotopic (exact) mass is 282 g/mol. The molecule has 0 saturated carbocycles. The summed E-state index contributed by atoms with van der Waals surface area (Å²) in [6.07, 6.45) is 0.188. The van der Waals surface area contributed by atoms with Crippen molar-refractivity contribution in [2.45, 2.75) is 58.8 Å². The summed E-state index contributed by atoms with van der Waals surface area (Å²) in [5.74, 6) is 0.325. The molecule has 0 spiro atoms. The topological polar surface area (TPSA) is 37.3 Å². The summed E-state index contributed by atoms with van der Waals surface area (Å²) in [7, 11) is 0. The van der Waals surface area contributed by atoms with Gasteiger partial charge in [-0.15, -0.1) is 0 Å². The Hall–Kier alpha value is -1.02. The average Bonchev–Trinajstić information content (AvgIpc) is 2.16. The highest BCUT2D eigenvalue weighted by Crippen LogP contribution is 2.39. The molecule has 106 valence electrons. The molecule has 0 aliphatic rings. The van der Waals surface area contributed by atoms with Crippen LogP contribution in [0.4, 0.5) is 0 Å². The summed E-state index contributed by atoms with van der Waals surface area (Å²) in [5, 5.41) is 10.1. The van der Waals surface area contributed by atoms with E-state index in [0.717, 1.165) is 16.7 Å². The molecule has 0 atom stereocenters. The van der Waals surface area contributed by atoms with Crippen LogP contribution in [0.15, 0.2) is 12.1 Å². The van der Waals surface area contributed by atoms with E-state index in [9.17, 15) is 9.90 Å². The van der Waals surface area contributed by atoms with Crippen LogP contribution in [0.1, 0.15) is 58.2 Å². The molecule has 0 unspecified atom stereocenters. The van der Waals surface area contributed by atoms with Crippen molar-refractivity contribution >= 4 is 16.8 Å². The van der Waals surface area contributed by atoms with E-state index in [1.54, 1.807) is 0 Å². The van der Waals surface area contributed by atoms with Crippen LogP contribution >= 0.6 is 11.6 Å². The Bertz CT molecular complexity index is 455. The van der Waals surface area contributed by atoms with Gasteiger partial charge >= 0.3 is 0 Å². The maximum atomic E-state index is 11.1. The van der Waals surface area contributed by atoms with Crippen LogP contribution in [-0.2, 0) is 22.0 Å². The maximum Gasteiger partial charge on any atom is 0.226 e. The minimum absolute atomic E-state index is 0.185. The summed E-state index contributed by atoms with van der Waals surface area (Å²) < 4.78 is 0. The van der Waals surface area contributed by atoms with Crippen LogP contribution < -0.4 is 0 Å². The van der Waals surface area contributed by atoms with Crippen molar-refractivity contribution in [1.29, 1.82) is 0 Å². The smallest absolute Gasteiger partial charge is 0.226 e. The lowest BCUT2D eigenvalue weighted by Gasteiger charge is -2.28. The molecule has 3 heteroatoms. The average molecular weight is 283 g/mol. The van der Waals surface area contributed by atoms with Crippen molar-refractivity contribution in [3.8, 4) is 5.75 Å². The first-order valence-electron chi connectivity index (χ1n) is 6.48. The second-order valence-corrected chi connectivity index (χ2v) is 7.49. The zero-order chi connectivity index (χ0) is 15.0. The molecule has 0 fully saturated rings. The van der Waals surface area contributed by atoms with Gasteiger partial charge in [-0.1, -0.05) is 53.7 Å². The van der Waals surface area contributed by atoms with E-state index in [4.69, 9.17) is 11.6 Å². The highest BCUT2D eigenvalue weighted by Gasteiger charge is 2.26. The summed E-state index contributed by atoms with van der Waals surface area (Å²) >= 11 is 5.48. The standard InChI is InChI=1S/C16H23ClO2/c1-15(2,3)11-7-10(9-13(17)18)8-12(14(11)19)16(4,5)6/h7-8,19H,9H2,1-6H3. The third-order valence-corrected chi connectivity index (χ3v) is 3.26. The van der Waals surface area contributed by atoms with Gasteiger partial charge in [-0.3, -0.25) is 4.79 Å². The predicted octanol–water partition coefficient (Wildman–Crippen LogP) is 4.30. The number of aromatic hydroxyl groups is 1. The number of hydrogen-bond donors (Lipinski definition) is 1. The molecule has 0 aliphatic heterocycles. The maximum absolute atomic E-state index is 11.1.